The first-order valence-corrected chi connectivity index (χ1v) is 10.1. The van der Waals surface area contributed by atoms with Gasteiger partial charge in [-0.2, -0.15) is 0 Å². The van der Waals surface area contributed by atoms with Crippen molar-refractivity contribution in [2.24, 2.45) is 4.99 Å². The summed E-state index contributed by atoms with van der Waals surface area (Å²) in [6.07, 6.45) is 5.25. The van der Waals surface area contributed by atoms with Gasteiger partial charge in [0, 0.05) is 24.0 Å². The van der Waals surface area contributed by atoms with Crippen molar-refractivity contribution in [3.05, 3.63) is 45.4 Å². The molecule has 5 nitrogen and oxygen atoms in total. The zero-order valence-electron chi connectivity index (χ0n) is 16.2. The smallest absolute Gasteiger partial charge is 0.191 e. The Balaban J connectivity index is 0.00000261. The highest BCUT2D eigenvalue weighted by Gasteiger charge is 2.17. The number of aliphatic imine (C=N–C) groups is 1. The van der Waals surface area contributed by atoms with Crippen molar-refractivity contribution >= 4 is 41.3 Å². The SMILES string of the molecule is CN=C(NCc1ccccc1OC1CCCC1)NCc1sc(C)nc1C.I. The van der Waals surface area contributed by atoms with E-state index in [1.165, 1.54) is 30.6 Å². The fourth-order valence-corrected chi connectivity index (χ4v) is 4.13. The van der Waals surface area contributed by atoms with Gasteiger partial charge in [0.25, 0.3) is 0 Å². The van der Waals surface area contributed by atoms with E-state index in [-0.39, 0.29) is 24.0 Å². The van der Waals surface area contributed by atoms with Gasteiger partial charge >= 0.3 is 0 Å². The maximum Gasteiger partial charge on any atom is 0.191 e. The molecule has 1 heterocycles. The summed E-state index contributed by atoms with van der Waals surface area (Å²) in [6.45, 7) is 5.50. The van der Waals surface area contributed by atoms with Gasteiger partial charge in [0.15, 0.2) is 5.96 Å². The van der Waals surface area contributed by atoms with Crippen molar-refractivity contribution in [1.29, 1.82) is 0 Å². The van der Waals surface area contributed by atoms with E-state index in [1.807, 2.05) is 19.9 Å². The number of nitrogens with zero attached hydrogens (tertiary/aromatic N) is 2. The van der Waals surface area contributed by atoms with E-state index in [0.717, 1.165) is 34.5 Å². The highest BCUT2D eigenvalue weighted by molar-refractivity contribution is 14.0. The number of hydrogen-bond acceptors (Lipinski definition) is 4. The van der Waals surface area contributed by atoms with Gasteiger partial charge in [-0.05, 0) is 45.6 Å². The van der Waals surface area contributed by atoms with Crippen LogP contribution in [0.15, 0.2) is 29.3 Å². The number of ether oxygens (including phenoxy) is 1. The number of nitrogens with one attached hydrogen (secondary N) is 2. The minimum absolute atomic E-state index is 0. The van der Waals surface area contributed by atoms with E-state index in [9.17, 15) is 0 Å². The quantitative estimate of drug-likeness (QED) is 0.347. The lowest BCUT2D eigenvalue weighted by Gasteiger charge is -2.18. The summed E-state index contributed by atoms with van der Waals surface area (Å²) in [5, 5.41) is 7.86. The molecule has 0 radical (unpaired) electrons. The lowest BCUT2D eigenvalue weighted by molar-refractivity contribution is 0.208. The lowest BCUT2D eigenvalue weighted by atomic mass is 10.2. The molecule has 0 bridgehead atoms. The number of para-hydroxylation sites is 1. The highest BCUT2D eigenvalue weighted by atomic mass is 127. The number of hydrogen-bond donors (Lipinski definition) is 2. The van der Waals surface area contributed by atoms with Gasteiger partial charge in [0.1, 0.15) is 5.75 Å². The maximum absolute atomic E-state index is 6.21. The van der Waals surface area contributed by atoms with Gasteiger partial charge in [-0.25, -0.2) is 4.98 Å². The van der Waals surface area contributed by atoms with E-state index in [1.54, 1.807) is 18.4 Å². The van der Waals surface area contributed by atoms with E-state index in [0.29, 0.717) is 12.6 Å². The number of rotatable bonds is 6. The molecule has 1 aliphatic rings. The molecule has 1 saturated carbocycles. The Kier molecular flexibility index (Phi) is 8.82. The molecule has 27 heavy (non-hydrogen) atoms. The Labute approximate surface area is 183 Å². The molecule has 7 heteroatoms. The van der Waals surface area contributed by atoms with Crippen molar-refractivity contribution in [3.63, 3.8) is 0 Å². The summed E-state index contributed by atoms with van der Waals surface area (Å²) in [5.74, 6) is 1.77. The summed E-state index contributed by atoms with van der Waals surface area (Å²) in [5.41, 5.74) is 2.25. The fourth-order valence-electron chi connectivity index (χ4n) is 3.25. The molecular formula is C20H29IN4OS. The minimum atomic E-state index is 0. The van der Waals surface area contributed by atoms with E-state index < -0.39 is 0 Å². The third-order valence-electron chi connectivity index (χ3n) is 4.65. The van der Waals surface area contributed by atoms with Gasteiger partial charge in [-0.1, -0.05) is 18.2 Å². The van der Waals surface area contributed by atoms with Gasteiger partial charge in [-0.3, -0.25) is 4.99 Å². The zero-order chi connectivity index (χ0) is 18.4. The van der Waals surface area contributed by atoms with Crippen molar-refractivity contribution in [2.45, 2.75) is 58.7 Å². The standard InChI is InChI=1S/C20H28N4OS.HI/c1-14-19(26-15(2)24-14)13-23-20(21-3)22-12-16-8-4-7-11-18(16)25-17-9-5-6-10-17;/h4,7-8,11,17H,5-6,9-10,12-13H2,1-3H3,(H2,21,22,23);1H. The van der Waals surface area contributed by atoms with Gasteiger partial charge in [0.05, 0.1) is 23.4 Å². The number of aryl methyl sites for hydroxylation is 2. The van der Waals surface area contributed by atoms with Crippen LogP contribution in [0.5, 0.6) is 5.75 Å². The minimum Gasteiger partial charge on any atom is -0.490 e. The normalized spacial score (nSPS) is 14.7. The van der Waals surface area contributed by atoms with Crippen LogP contribution in [0, 0.1) is 13.8 Å². The summed E-state index contributed by atoms with van der Waals surface area (Å²) < 4.78 is 6.21. The Morgan fingerprint density at radius 3 is 2.56 bits per heavy atom. The zero-order valence-corrected chi connectivity index (χ0v) is 19.4. The molecule has 0 spiro atoms. The first-order valence-electron chi connectivity index (χ1n) is 9.27. The number of guanidine groups is 1. The van der Waals surface area contributed by atoms with Crippen LogP contribution in [0.25, 0.3) is 0 Å². The van der Waals surface area contributed by atoms with Crippen LogP contribution in [0.1, 0.15) is 46.8 Å². The second-order valence-electron chi connectivity index (χ2n) is 6.65. The molecule has 1 fully saturated rings. The number of halogens is 1. The van der Waals surface area contributed by atoms with Gasteiger partial charge in [-0.15, -0.1) is 35.3 Å². The molecule has 2 N–H and O–H groups in total. The third-order valence-corrected chi connectivity index (χ3v) is 5.73. The van der Waals surface area contributed by atoms with Crippen molar-refractivity contribution < 1.29 is 4.74 Å². The molecule has 1 aromatic carbocycles. The molecule has 0 unspecified atom stereocenters. The highest BCUT2D eigenvalue weighted by Crippen LogP contribution is 2.26. The molecule has 148 valence electrons. The van der Waals surface area contributed by atoms with Crippen LogP contribution in [-0.2, 0) is 13.1 Å². The van der Waals surface area contributed by atoms with Crippen LogP contribution in [0.3, 0.4) is 0 Å². The summed E-state index contributed by atoms with van der Waals surface area (Å²) in [7, 11) is 1.79. The van der Waals surface area contributed by atoms with Gasteiger partial charge < -0.3 is 15.4 Å². The molecule has 0 amide bonds. The predicted molar refractivity (Wildman–Crippen MR) is 123 cm³/mol. The molecule has 2 aromatic rings. The summed E-state index contributed by atoms with van der Waals surface area (Å²) >= 11 is 1.73. The first-order chi connectivity index (χ1) is 12.7. The van der Waals surface area contributed by atoms with Gasteiger partial charge in [0.2, 0.25) is 0 Å². The summed E-state index contributed by atoms with van der Waals surface area (Å²) in [4.78, 5) is 10.0. The van der Waals surface area contributed by atoms with Crippen LogP contribution in [0.2, 0.25) is 0 Å². The molecule has 0 saturated heterocycles. The average Bonchev–Trinajstić information content (AvgIpc) is 3.25. The Hall–Kier alpha value is -1.35. The van der Waals surface area contributed by atoms with Crippen LogP contribution >= 0.6 is 35.3 Å². The van der Waals surface area contributed by atoms with E-state index >= 15 is 0 Å². The molecular weight excluding hydrogens is 471 g/mol. The molecule has 3 rings (SSSR count). The Morgan fingerprint density at radius 2 is 1.89 bits per heavy atom. The molecule has 0 aliphatic heterocycles. The second-order valence-corrected chi connectivity index (χ2v) is 7.94. The largest absolute Gasteiger partial charge is 0.490 e. The molecule has 1 aromatic heterocycles. The number of aromatic nitrogens is 1. The Morgan fingerprint density at radius 1 is 1.19 bits per heavy atom. The lowest BCUT2D eigenvalue weighted by Crippen LogP contribution is -2.36. The van der Waals surface area contributed by atoms with Crippen molar-refractivity contribution in [2.75, 3.05) is 7.05 Å². The van der Waals surface area contributed by atoms with Crippen molar-refractivity contribution in [3.8, 4) is 5.75 Å². The fraction of sp³-hybridized carbons (Fsp3) is 0.500. The second kappa shape index (κ2) is 10.8. The topological polar surface area (TPSA) is 58.5 Å². The van der Waals surface area contributed by atoms with Crippen LogP contribution in [-0.4, -0.2) is 24.1 Å². The maximum atomic E-state index is 6.21. The monoisotopic (exact) mass is 500 g/mol. The van der Waals surface area contributed by atoms with Crippen LogP contribution < -0.4 is 15.4 Å². The predicted octanol–water partition coefficient (Wildman–Crippen LogP) is 4.56. The average molecular weight is 500 g/mol. The van der Waals surface area contributed by atoms with E-state index in [2.05, 4.69) is 38.8 Å². The molecule has 0 atom stereocenters. The van der Waals surface area contributed by atoms with Crippen LogP contribution in [0.4, 0.5) is 0 Å². The van der Waals surface area contributed by atoms with E-state index in [4.69, 9.17) is 4.74 Å². The first kappa shape index (κ1) is 21.9. The third kappa shape index (κ3) is 6.34. The Bertz CT molecular complexity index is 756. The summed E-state index contributed by atoms with van der Waals surface area (Å²) in [6, 6.07) is 8.27. The number of thiazole rings is 1. The van der Waals surface area contributed by atoms with Crippen molar-refractivity contribution in [1.82, 2.24) is 15.6 Å². The number of benzene rings is 1. The molecule has 1 aliphatic carbocycles.